The van der Waals surface area contributed by atoms with E-state index >= 15 is 0 Å². The first-order valence-electron chi connectivity index (χ1n) is 5.00. The Balaban J connectivity index is 2.64. The van der Waals surface area contributed by atoms with Gasteiger partial charge in [-0.2, -0.15) is 0 Å². The lowest BCUT2D eigenvalue weighted by atomic mass is 10.0. The van der Waals surface area contributed by atoms with E-state index in [0.29, 0.717) is 11.1 Å². The third-order valence-electron chi connectivity index (χ3n) is 2.55. The van der Waals surface area contributed by atoms with Gasteiger partial charge >= 0.3 is 0 Å². The van der Waals surface area contributed by atoms with Gasteiger partial charge in [0.25, 0.3) is 0 Å². The molecule has 0 aliphatic rings. The average Bonchev–Trinajstić information content (AvgIpc) is 2.24. The fourth-order valence-electron chi connectivity index (χ4n) is 1.64. The van der Waals surface area contributed by atoms with Crippen LogP contribution in [-0.2, 0) is 0 Å². The summed E-state index contributed by atoms with van der Waals surface area (Å²) >= 11 is 0. The van der Waals surface area contributed by atoms with Crippen LogP contribution in [0, 0.1) is 24.4 Å². The van der Waals surface area contributed by atoms with Crippen LogP contribution in [0.3, 0.4) is 0 Å². The van der Waals surface area contributed by atoms with Gasteiger partial charge < -0.3 is 5.73 Å². The zero-order chi connectivity index (χ0) is 12.6. The second-order valence-corrected chi connectivity index (χ2v) is 3.81. The summed E-state index contributed by atoms with van der Waals surface area (Å²) in [6.07, 6.45) is 0. The summed E-state index contributed by atoms with van der Waals surface area (Å²) in [4.78, 5) is 0. The number of nitrogens with two attached hydrogens (primary N) is 1. The molecule has 88 valence electrons. The minimum atomic E-state index is -0.716. The Labute approximate surface area is 96.7 Å². The van der Waals surface area contributed by atoms with Gasteiger partial charge in [0.05, 0.1) is 0 Å². The van der Waals surface area contributed by atoms with E-state index in [2.05, 4.69) is 0 Å². The molecule has 0 atom stereocenters. The molecule has 1 nitrogen and oxygen atoms in total. The molecule has 0 amide bonds. The molecule has 2 aromatic rings. The van der Waals surface area contributed by atoms with E-state index < -0.39 is 17.5 Å². The maximum Gasteiger partial charge on any atom is 0.134 e. The molecule has 2 rings (SSSR count). The molecular formula is C13H10F3N. The van der Waals surface area contributed by atoms with Gasteiger partial charge in [0.15, 0.2) is 0 Å². The largest absolute Gasteiger partial charge is 0.398 e. The molecule has 0 saturated carbocycles. The van der Waals surface area contributed by atoms with E-state index in [1.54, 1.807) is 0 Å². The Bertz CT molecular complexity index is 579. The SMILES string of the molecule is Cc1cc(-c2ccc(F)cc2N)c(F)cc1F. The van der Waals surface area contributed by atoms with Crippen molar-refractivity contribution in [3.05, 3.63) is 53.3 Å². The Morgan fingerprint density at radius 2 is 1.59 bits per heavy atom. The third kappa shape index (κ3) is 2.11. The summed E-state index contributed by atoms with van der Waals surface area (Å²) in [5, 5.41) is 0. The van der Waals surface area contributed by atoms with Crippen molar-refractivity contribution in [1.82, 2.24) is 0 Å². The summed E-state index contributed by atoms with van der Waals surface area (Å²) in [6, 6.07) is 5.82. The standard InChI is InChI=1S/C13H10F3N/c1-7-4-10(12(16)6-11(7)15)9-3-2-8(14)5-13(9)17/h2-6H,17H2,1H3. The number of aryl methyl sites for hydroxylation is 1. The number of anilines is 1. The summed E-state index contributed by atoms with van der Waals surface area (Å²) in [5.74, 6) is -1.83. The van der Waals surface area contributed by atoms with Crippen molar-refractivity contribution in [2.24, 2.45) is 0 Å². The Morgan fingerprint density at radius 1 is 0.882 bits per heavy atom. The molecule has 17 heavy (non-hydrogen) atoms. The predicted octanol–water partition coefficient (Wildman–Crippen LogP) is 3.66. The predicted molar refractivity (Wildman–Crippen MR) is 60.9 cm³/mol. The van der Waals surface area contributed by atoms with Crippen molar-refractivity contribution in [1.29, 1.82) is 0 Å². The van der Waals surface area contributed by atoms with Crippen molar-refractivity contribution in [3.8, 4) is 11.1 Å². The van der Waals surface area contributed by atoms with Crippen molar-refractivity contribution in [2.75, 3.05) is 5.73 Å². The highest BCUT2D eigenvalue weighted by atomic mass is 19.1. The van der Waals surface area contributed by atoms with E-state index in [4.69, 9.17) is 5.73 Å². The lowest BCUT2D eigenvalue weighted by molar-refractivity contribution is 0.579. The van der Waals surface area contributed by atoms with Crippen LogP contribution in [-0.4, -0.2) is 0 Å². The molecule has 2 aromatic carbocycles. The van der Waals surface area contributed by atoms with Crippen LogP contribution in [0.25, 0.3) is 11.1 Å². The first kappa shape index (κ1) is 11.5. The molecule has 0 heterocycles. The minimum absolute atomic E-state index is 0.120. The molecular weight excluding hydrogens is 227 g/mol. The highest BCUT2D eigenvalue weighted by Gasteiger charge is 2.12. The maximum atomic E-state index is 13.6. The third-order valence-corrected chi connectivity index (χ3v) is 2.55. The Hall–Kier alpha value is -1.97. The number of benzene rings is 2. The van der Waals surface area contributed by atoms with Gasteiger partial charge in [0.1, 0.15) is 17.5 Å². The lowest BCUT2D eigenvalue weighted by Gasteiger charge is -2.08. The van der Waals surface area contributed by atoms with E-state index in [-0.39, 0.29) is 11.3 Å². The maximum absolute atomic E-state index is 13.6. The Morgan fingerprint density at radius 3 is 2.24 bits per heavy atom. The number of hydrogen-bond acceptors (Lipinski definition) is 1. The highest BCUT2D eigenvalue weighted by molar-refractivity contribution is 5.77. The van der Waals surface area contributed by atoms with Crippen molar-refractivity contribution < 1.29 is 13.2 Å². The van der Waals surface area contributed by atoms with Crippen molar-refractivity contribution in [2.45, 2.75) is 6.92 Å². The average molecular weight is 237 g/mol. The quantitative estimate of drug-likeness (QED) is 0.752. The fraction of sp³-hybridized carbons (Fsp3) is 0.0769. The van der Waals surface area contributed by atoms with Gasteiger partial charge in [0, 0.05) is 22.9 Å². The molecule has 0 spiro atoms. The smallest absolute Gasteiger partial charge is 0.134 e. The molecule has 0 aromatic heterocycles. The minimum Gasteiger partial charge on any atom is -0.398 e. The van der Waals surface area contributed by atoms with Gasteiger partial charge in [-0.25, -0.2) is 13.2 Å². The van der Waals surface area contributed by atoms with Gasteiger partial charge in [-0.05, 0) is 36.8 Å². The van der Waals surface area contributed by atoms with Crippen LogP contribution in [0.1, 0.15) is 5.56 Å². The molecule has 0 bridgehead atoms. The summed E-state index contributed by atoms with van der Waals surface area (Å²) in [6.45, 7) is 1.53. The number of rotatable bonds is 1. The van der Waals surface area contributed by atoms with Gasteiger partial charge in [0.2, 0.25) is 0 Å². The monoisotopic (exact) mass is 237 g/mol. The zero-order valence-electron chi connectivity index (χ0n) is 9.10. The number of halogens is 3. The second kappa shape index (κ2) is 4.13. The molecule has 0 aliphatic heterocycles. The van der Waals surface area contributed by atoms with E-state index in [1.807, 2.05) is 0 Å². The molecule has 0 radical (unpaired) electrons. The first-order chi connectivity index (χ1) is 7.99. The van der Waals surface area contributed by atoms with Crippen LogP contribution in [0.5, 0.6) is 0 Å². The van der Waals surface area contributed by atoms with Crippen LogP contribution in [0.15, 0.2) is 30.3 Å². The van der Waals surface area contributed by atoms with Crippen molar-refractivity contribution >= 4 is 5.69 Å². The Kier molecular flexibility index (Phi) is 2.79. The molecule has 2 N–H and O–H groups in total. The molecule has 0 fully saturated rings. The van der Waals surface area contributed by atoms with Gasteiger partial charge in [-0.3, -0.25) is 0 Å². The fourth-order valence-corrected chi connectivity index (χ4v) is 1.64. The zero-order valence-corrected chi connectivity index (χ0v) is 9.10. The summed E-state index contributed by atoms with van der Waals surface area (Å²) < 4.78 is 39.6. The van der Waals surface area contributed by atoms with Gasteiger partial charge in [-0.1, -0.05) is 0 Å². The van der Waals surface area contributed by atoms with Crippen LogP contribution < -0.4 is 5.73 Å². The highest BCUT2D eigenvalue weighted by Crippen LogP contribution is 2.30. The van der Waals surface area contributed by atoms with Crippen LogP contribution in [0.4, 0.5) is 18.9 Å². The molecule has 4 heteroatoms. The van der Waals surface area contributed by atoms with Crippen LogP contribution >= 0.6 is 0 Å². The summed E-state index contributed by atoms with van der Waals surface area (Å²) in [5.41, 5.74) is 6.56. The van der Waals surface area contributed by atoms with Gasteiger partial charge in [-0.15, -0.1) is 0 Å². The second-order valence-electron chi connectivity index (χ2n) is 3.81. The molecule has 0 aliphatic carbocycles. The normalized spacial score (nSPS) is 10.6. The molecule has 0 saturated heterocycles. The first-order valence-corrected chi connectivity index (χ1v) is 5.00. The topological polar surface area (TPSA) is 26.0 Å². The molecule has 0 unspecified atom stereocenters. The number of hydrogen-bond donors (Lipinski definition) is 1. The van der Waals surface area contributed by atoms with Crippen LogP contribution in [0.2, 0.25) is 0 Å². The van der Waals surface area contributed by atoms with E-state index in [0.717, 1.165) is 12.1 Å². The van der Waals surface area contributed by atoms with E-state index in [9.17, 15) is 13.2 Å². The van der Waals surface area contributed by atoms with E-state index in [1.165, 1.54) is 25.1 Å². The lowest BCUT2D eigenvalue weighted by Crippen LogP contribution is -1.95. The van der Waals surface area contributed by atoms with Crippen molar-refractivity contribution in [3.63, 3.8) is 0 Å². The summed E-state index contributed by atoms with van der Waals surface area (Å²) in [7, 11) is 0. The number of nitrogen functional groups attached to an aromatic ring is 1.